The van der Waals surface area contributed by atoms with E-state index in [0.717, 1.165) is 16.9 Å². The second-order valence-corrected chi connectivity index (χ2v) is 7.74. The van der Waals surface area contributed by atoms with E-state index < -0.39 is 11.9 Å². The van der Waals surface area contributed by atoms with Crippen LogP contribution in [0.4, 0.5) is 5.69 Å². The summed E-state index contributed by atoms with van der Waals surface area (Å²) in [5.41, 5.74) is 1.77. The SMILES string of the molecule is Cc1c(C(=O)Nc2cccc(C(=O)O)c2)sc2ncn(Cc3ccccc3)c(=O)c12. The van der Waals surface area contributed by atoms with E-state index in [0.29, 0.717) is 32.9 Å². The molecular formula is C22H17N3O4S. The molecule has 2 heterocycles. The third-order valence-electron chi connectivity index (χ3n) is 4.69. The van der Waals surface area contributed by atoms with E-state index in [4.69, 9.17) is 5.11 Å². The normalized spacial score (nSPS) is 10.8. The van der Waals surface area contributed by atoms with Gasteiger partial charge in [0.05, 0.1) is 28.7 Å². The van der Waals surface area contributed by atoms with Crippen molar-refractivity contribution in [1.82, 2.24) is 9.55 Å². The number of rotatable bonds is 5. The molecule has 4 rings (SSSR count). The number of fused-ring (bicyclic) bond motifs is 1. The smallest absolute Gasteiger partial charge is 0.335 e. The van der Waals surface area contributed by atoms with Gasteiger partial charge in [0, 0.05) is 5.69 Å². The third-order valence-corrected chi connectivity index (χ3v) is 5.89. The fraction of sp³-hybridized carbons (Fsp3) is 0.0909. The molecule has 0 bridgehead atoms. The number of amides is 1. The maximum absolute atomic E-state index is 13.0. The monoisotopic (exact) mass is 419 g/mol. The fourth-order valence-corrected chi connectivity index (χ4v) is 4.22. The van der Waals surface area contributed by atoms with Crippen LogP contribution < -0.4 is 10.9 Å². The molecule has 1 amide bonds. The lowest BCUT2D eigenvalue weighted by Crippen LogP contribution is -2.21. The molecule has 2 aromatic carbocycles. The minimum atomic E-state index is -1.08. The van der Waals surface area contributed by atoms with Crippen LogP contribution in [0.1, 0.15) is 31.2 Å². The lowest BCUT2D eigenvalue weighted by molar-refractivity contribution is 0.0696. The first-order valence-corrected chi connectivity index (χ1v) is 9.93. The number of nitrogens with zero attached hydrogens (tertiary/aromatic N) is 2. The molecule has 7 nitrogen and oxygen atoms in total. The highest BCUT2D eigenvalue weighted by Crippen LogP contribution is 2.28. The van der Waals surface area contributed by atoms with Crippen molar-refractivity contribution in [3.63, 3.8) is 0 Å². The van der Waals surface area contributed by atoms with Crippen molar-refractivity contribution in [1.29, 1.82) is 0 Å². The van der Waals surface area contributed by atoms with Crippen molar-refractivity contribution in [3.8, 4) is 0 Å². The van der Waals surface area contributed by atoms with Gasteiger partial charge in [-0.2, -0.15) is 0 Å². The van der Waals surface area contributed by atoms with Gasteiger partial charge in [-0.25, -0.2) is 9.78 Å². The highest BCUT2D eigenvalue weighted by molar-refractivity contribution is 7.20. The highest BCUT2D eigenvalue weighted by atomic mass is 32.1. The zero-order chi connectivity index (χ0) is 21.3. The van der Waals surface area contributed by atoms with Crippen LogP contribution in [0.25, 0.3) is 10.2 Å². The number of carbonyl (C=O) groups excluding carboxylic acids is 1. The van der Waals surface area contributed by atoms with E-state index in [-0.39, 0.29) is 11.1 Å². The van der Waals surface area contributed by atoms with Crippen LogP contribution in [-0.2, 0) is 6.54 Å². The van der Waals surface area contributed by atoms with Crippen molar-refractivity contribution in [2.45, 2.75) is 13.5 Å². The van der Waals surface area contributed by atoms with Gasteiger partial charge in [0.15, 0.2) is 0 Å². The molecule has 2 aromatic heterocycles. The van der Waals surface area contributed by atoms with E-state index in [1.54, 1.807) is 19.1 Å². The average Bonchev–Trinajstić information content (AvgIpc) is 3.08. The lowest BCUT2D eigenvalue weighted by atomic mass is 10.2. The van der Waals surface area contributed by atoms with Gasteiger partial charge in [-0.05, 0) is 36.2 Å². The van der Waals surface area contributed by atoms with Crippen molar-refractivity contribution in [2.75, 3.05) is 5.32 Å². The van der Waals surface area contributed by atoms with Crippen molar-refractivity contribution in [3.05, 3.63) is 92.8 Å². The Morgan fingerprint density at radius 2 is 1.90 bits per heavy atom. The predicted molar refractivity (Wildman–Crippen MR) is 116 cm³/mol. The van der Waals surface area contributed by atoms with Gasteiger partial charge < -0.3 is 10.4 Å². The topological polar surface area (TPSA) is 101 Å². The third kappa shape index (κ3) is 3.72. The Hall–Kier alpha value is -3.78. The van der Waals surface area contributed by atoms with Crippen LogP contribution >= 0.6 is 11.3 Å². The Labute approximate surface area is 175 Å². The molecule has 30 heavy (non-hydrogen) atoms. The Balaban J connectivity index is 1.67. The van der Waals surface area contributed by atoms with Gasteiger partial charge in [-0.15, -0.1) is 11.3 Å². The number of carboxylic acids is 1. The Bertz CT molecular complexity index is 1330. The molecule has 0 fully saturated rings. The number of aryl methyl sites for hydroxylation is 1. The van der Waals surface area contributed by atoms with Crippen LogP contribution in [-0.4, -0.2) is 26.5 Å². The zero-order valence-electron chi connectivity index (χ0n) is 16.0. The van der Waals surface area contributed by atoms with Crippen LogP contribution in [0, 0.1) is 6.92 Å². The maximum Gasteiger partial charge on any atom is 0.335 e. The number of benzene rings is 2. The number of thiophene rings is 1. The van der Waals surface area contributed by atoms with Crippen LogP contribution in [0.5, 0.6) is 0 Å². The molecule has 0 saturated carbocycles. The second kappa shape index (κ2) is 7.92. The number of aromatic carboxylic acids is 1. The minimum absolute atomic E-state index is 0.0753. The summed E-state index contributed by atoms with van der Waals surface area (Å²) in [6.45, 7) is 2.11. The second-order valence-electron chi connectivity index (χ2n) is 6.74. The van der Waals surface area contributed by atoms with Gasteiger partial charge in [0.2, 0.25) is 0 Å². The zero-order valence-corrected chi connectivity index (χ0v) is 16.8. The molecule has 4 aromatic rings. The van der Waals surface area contributed by atoms with Crippen LogP contribution in [0.15, 0.2) is 65.7 Å². The molecule has 0 atom stereocenters. The van der Waals surface area contributed by atoms with Gasteiger partial charge in [-0.3, -0.25) is 14.2 Å². The quantitative estimate of drug-likeness (QED) is 0.513. The number of aromatic nitrogens is 2. The minimum Gasteiger partial charge on any atom is -0.478 e. The average molecular weight is 419 g/mol. The summed E-state index contributed by atoms with van der Waals surface area (Å²) in [5, 5.41) is 12.2. The van der Waals surface area contributed by atoms with E-state index in [1.807, 2.05) is 30.3 Å². The van der Waals surface area contributed by atoms with E-state index >= 15 is 0 Å². The molecule has 0 aliphatic heterocycles. The number of carboxylic acid groups (broad SMARTS) is 1. The molecule has 8 heteroatoms. The largest absolute Gasteiger partial charge is 0.478 e. The van der Waals surface area contributed by atoms with Gasteiger partial charge in [0.1, 0.15) is 4.83 Å². The molecule has 0 saturated heterocycles. The molecule has 0 aliphatic rings. The summed E-state index contributed by atoms with van der Waals surface area (Å²) >= 11 is 1.14. The Morgan fingerprint density at radius 3 is 2.63 bits per heavy atom. The summed E-state index contributed by atoms with van der Waals surface area (Å²) in [6.07, 6.45) is 1.49. The number of carbonyl (C=O) groups is 2. The van der Waals surface area contributed by atoms with Gasteiger partial charge >= 0.3 is 5.97 Å². The first kappa shape index (κ1) is 19.5. The van der Waals surface area contributed by atoms with Crippen LogP contribution in [0.3, 0.4) is 0 Å². The summed E-state index contributed by atoms with van der Waals surface area (Å²) in [7, 11) is 0. The standard InChI is InChI=1S/C22H17N3O4S/c1-13-17-20(23-12-25(21(17)27)11-14-6-3-2-4-7-14)30-18(13)19(26)24-16-9-5-8-15(10-16)22(28)29/h2-10,12H,11H2,1H3,(H,24,26)(H,28,29). The number of hydrogen-bond acceptors (Lipinski definition) is 5. The summed E-state index contributed by atoms with van der Waals surface area (Å²) in [5.74, 6) is -1.49. The van der Waals surface area contributed by atoms with Gasteiger partial charge in [0.25, 0.3) is 11.5 Å². The summed E-state index contributed by atoms with van der Waals surface area (Å²) < 4.78 is 1.52. The maximum atomic E-state index is 13.0. The first-order valence-electron chi connectivity index (χ1n) is 9.11. The molecule has 150 valence electrons. The van der Waals surface area contributed by atoms with Crippen LogP contribution in [0.2, 0.25) is 0 Å². The first-order chi connectivity index (χ1) is 14.4. The Morgan fingerprint density at radius 1 is 1.13 bits per heavy atom. The highest BCUT2D eigenvalue weighted by Gasteiger charge is 2.20. The Kier molecular flexibility index (Phi) is 5.16. The van der Waals surface area contributed by atoms with Crippen molar-refractivity contribution >= 4 is 39.1 Å². The molecule has 0 unspecified atom stereocenters. The van der Waals surface area contributed by atoms with E-state index in [9.17, 15) is 14.4 Å². The molecule has 0 aliphatic carbocycles. The molecule has 0 radical (unpaired) electrons. The van der Waals surface area contributed by atoms with Gasteiger partial charge in [-0.1, -0.05) is 36.4 Å². The predicted octanol–water partition coefficient (Wildman–Crippen LogP) is 3.77. The molecular weight excluding hydrogens is 402 g/mol. The number of hydrogen-bond donors (Lipinski definition) is 2. The summed E-state index contributed by atoms with van der Waals surface area (Å²) in [6, 6.07) is 15.6. The van der Waals surface area contributed by atoms with Crippen molar-refractivity contribution in [2.24, 2.45) is 0 Å². The fourth-order valence-electron chi connectivity index (χ4n) is 3.19. The number of nitrogens with one attached hydrogen (secondary N) is 1. The van der Waals surface area contributed by atoms with Crippen molar-refractivity contribution < 1.29 is 14.7 Å². The van der Waals surface area contributed by atoms with E-state index in [1.165, 1.54) is 23.0 Å². The summed E-state index contributed by atoms with van der Waals surface area (Å²) in [4.78, 5) is 42.1. The molecule has 0 spiro atoms. The van der Waals surface area contributed by atoms with E-state index in [2.05, 4.69) is 10.3 Å². The lowest BCUT2D eigenvalue weighted by Gasteiger charge is -2.06. The number of anilines is 1. The molecule has 2 N–H and O–H groups in total.